The zero-order valence-corrected chi connectivity index (χ0v) is 16.2. The molecule has 0 saturated carbocycles. The predicted octanol–water partition coefficient (Wildman–Crippen LogP) is 5.28. The van der Waals surface area contributed by atoms with Crippen LogP contribution in [0.3, 0.4) is 0 Å². The lowest BCUT2D eigenvalue weighted by Crippen LogP contribution is -2.14. The fraction of sp³-hybridized carbons (Fsp3) is 0.0476. The number of aryl methyl sites for hydroxylation is 1. The lowest BCUT2D eigenvalue weighted by atomic mass is 10.1. The number of amides is 2. The SMILES string of the molecule is Cc1ccc(C(=O)Nc2cc(Cl)c(NC(=O)c3cc(F)c(F)c(F)c3)cc2O)cc1. The Morgan fingerprint density at radius 3 is 1.97 bits per heavy atom. The van der Waals surface area contributed by atoms with Crippen molar-refractivity contribution < 1.29 is 27.9 Å². The van der Waals surface area contributed by atoms with E-state index in [0.717, 1.165) is 11.6 Å². The molecule has 0 aliphatic heterocycles. The minimum Gasteiger partial charge on any atom is -0.506 e. The van der Waals surface area contributed by atoms with E-state index in [9.17, 15) is 27.9 Å². The van der Waals surface area contributed by atoms with Gasteiger partial charge in [0.15, 0.2) is 17.5 Å². The molecule has 2 amide bonds. The Hall–Kier alpha value is -3.52. The molecule has 3 aromatic rings. The van der Waals surface area contributed by atoms with Gasteiger partial charge in [0.1, 0.15) is 5.75 Å². The Morgan fingerprint density at radius 1 is 0.833 bits per heavy atom. The molecule has 0 aliphatic carbocycles. The molecule has 0 unspecified atom stereocenters. The molecule has 3 N–H and O–H groups in total. The van der Waals surface area contributed by atoms with Crippen LogP contribution in [0.25, 0.3) is 0 Å². The van der Waals surface area contributed by atoms with Gasteiger partial charge in [0.05, 0.1) is 16.4 Å². The molecule has 3 aromatic carbocycles. The van der Waals surface area contributed by atoms with Crippen LogP contribution in [0.1, 0.15) is 26.3 Å². The van der Waals surface area contributed by atoms with Crippen molar-refractivity contribution in [3.05, 3.63) is 87.7 Å². The number of carbonyl (C=O) groups is 2. The van der Waals surface area contributed by atoms with E-state index >= 15 is 0 Å². The Labute approximate surface area is 174 Å². The van der Waals surface area contributed by atoms with Crippen LogP contribution in [0.2, 0.25) is 5.02 Å². The average Bonchev–Trinajstić information content (AvgIpc) is 2.69. The topological polar surface area (TPSA) is 78.4 Å². The maximum atomic E-state index is 13.3. The molecular weight excluding hydrogens is 421 g/mol. The molecular formula is C21H14ClF3N2O3. The number of rotatable bonds is 4. The van der Waals surface area contributed by atoms with E-state index < -0.39 is 40.6 Å². The average molecular weight is 435 g/mol. The van der Waals surface area contributed by atoms with Crippen molar-refractivity contribution in [3.8, 4) is 5.75 Å². The third-order valence-electron chi connectivity index (χ3n) is 4.14. The van der Waals surface area contributed by atoms with Crippen molar-refractivity contribution in [2.45, 2.75) is 6.92 Å². The second kappa shape index (κ2) is 8.46. The van der Waals surface area contributed by atoms with Crippen LogP contribution >= 0.6 is 11.6 Å². The Bertz CT molecular complexity index is 1130. The Kier molecular flexibility index (Phi) is 5.98. The van der Waals surface area contributed by atoms with Gasteiger partial charge in [-0.15, -0.1) is 0 Å². The second-order valence-electron chi connectivity index (χ2n) is 6.38. The van der Waals surface area contributed by atoms with Crippen molar-refractivity contribution in [3.63, 3.8) is 0 Å². The molecule has 30 heavy (non-hydrogen) atoms. The number of carbonyl (C=O) groups excluding carboxylic acids is 2. The van der Waals surface area contributed by atoms with Gasteiger partial charge in [-0.25, -0.2) is 13.2 Å². The maximum absolute atomic E-state index is 13.3. The highest BCUT2D eigenvalue weighted by molar-refractivity contribution is 6.34. The number of nitrogens with one attached hydrogen (secondary N) is 2. The molecule has 154 valence electrons. The molecule has 0 aliphatic rings. The van der Waals surface area contributed by atoms with Crippen molar-refractivity contribution in [2.75, 3.05) is 10.6 Å². The summed E-state index contributed by atoms with van der Waals surface area (Å²) in [6, 6.07) is 10.0. The standard InChI is InChI=1S/C21H14ClF3N2O3/c1-10-2-4-11(5-3-10)20(29)27-17-8-13(22)16(9-18(17)28)26-21(30)12-6-14(23)19(25)15(24)7-12/h2-9,28H,1H3,(H,26,30)(H,27,29). The van der Waals surface area contributed by atoms with Gasteiger partial charge in [-0.05, 0) is 37.3 Å². The quantitative estimate of drug-likeness (QED) is 0.386. The first-order valence-corrected chi connectivity index (χ1v) is 8.90. The Morgan fingerprint density at radius 2 is 1.37 bits per heavy atom. The van der Waals surface area contributed by atoms with Crippen molar-refractivity contribution >= 4 is 34.8 Å². The van der Waals surface area contributed by atoms with E-state index in [1.807, 2.05) is 6.92 Å². The van der Waals surface area contributed by atoms with Crippen LogP contribution in [0.5, 0.6) is 5.75 Å². The fourth-order valence-corrected chi connectivity index (χ4v) is 2.75. The second-order valence-corrected chi connectivity index (χ2v) is 6.78. The van der Waals surface area contributed by atoms with Crippen LogP contribution in [0.4, 0.5) is 24.5 Å². The number of hydrogen-bond acceptors (Lipinski definition) is 3. The molecule has 0 radical (unpaired) electrons. The largest absolute Gasteiger partial charge is 0.506 e. The number of hydrogen-bond donors (Lipinski definition) is 3. The molecule has 0 bridgehead atoms. The number of halogens is 4. The van der Waals surface area contributed by atoms with E-state index in [2.05, 4.69) is 10.6 Å². The molecule has 5 nitrogen and oxygen atoms in total. The summed E-state index contributed by atoms with van der Waals surface area (Å²) in [5.74, 6) is -6.63. The summed E-state index contributed by atoms with van der Waals surface area (Å²) >= 11 is 6.09. The summed E-state index contributed by atoms with van der Waals surface area (Å²) in [6.45, 7) is 1.87. The molecule has 0 spiro atoms. The molecule has 0 saturated heterocycles. The first-order valence-electron chi connectivity index (χ1n) is 8.52. The van der Waals surface area contributed by atoms with E-state index in [-0.39, 0.29) is 16.4 Å². The van der Waals surface area contributed by atoms with Gasteiger partial charge in [0, 0.05) is 17.2 Å². The summed E-state index contributed by atoms with van der Waals surface area (Å²) < 4.78 is 39.7. The summed E-state index contributed by atoms with van der Waals surface area (Å²) in [4.78, 5) is 24.5. The Balaban J connectivity index is 1.80. The minimum absolute atomic E-state index is 0.0116. The van der Waals surface area contributed by atoms with Gasteiger partial charge in [-0.2, -0.15) is 0 Å². The van der Waals surface area contributed by atoms with Gasteiger partial charge in [-0.3, -0.25) is 9.59 Å². The number of phenolic OH excluding ortho intramolecular Hbond substituents is 1. The highest BCUT2D eigenvalue weighted by atomic mass is 35.5. The summed E-state index contributed by atoms with van der Waals surface area (Å²) in [6.07, 6.45) is 0. The van der Waals surface area contributed by atoms with Crippen LogP contribution < -0.4 is 10.6 Å². The summed E-state index contributed by atoms with van der Waals surface area (Å²) in [5, 5.41) is 14.9. The highest BCUT2D eigenvalue weighted by Crippen LogP contribution is 2.34. The first kappa shape index (κ1) is 21.2. The third-order valence-corrected chi connectivity index (χ3v) is 4.45. The first-order chi connectivity index (χ1) is 14.2. The lowest BCUT2D eigenvalue weighted by molar-refractivity contribution is 0.101. The van der Waals surface area contributed by atoms with Crippen LogP contribution in [0.15, 0.2) is 48.5 Å². The summed E-state index contributed by atoms with van der Waals surface area (Å²) in [5.41, 5.74) is 0.742. The molecule has 0 aromatic heterocycles. The number of anilines is 2. The van der Waals surface area contributed by atoms with Gasteiger partial charge in [-0.1, -0.05) is 29.3 Å². The number of benzene rings is 3. The lowest BCUT2D eigenvalue weighted by Gasteiger charge is -2.12. The third kappa shape index (κ3) is 4.55. The van der Waals surface area contributed by atoms with Crippen molar-refractivity contribution in [1.82, 2.24) is 0 Å². The zero-order valence-electron chi connectivity index (χ0n) is 15.4. The van der Waals surface area contributed by atoms with E-state index in [1.165, 1.54) is 6.07 Å². The van der Waals surface area contributed by atoms with E-state index in [0.29, 0.717) is 17.7 Å². The molecule has 9 heteroatoms. The molecule has 0 fully saturated rings. The zero-order chi connectivity index (χ0) is 22.0. The van der Waals surface area contributed by atoms with Crippen LogP contribution in [-0.2, 0) is 0 Å². The summed E-state index contributed by atoms with van der Waals surface area (Å²) in [7, 11) is 0. The highest BCUT2D eigenvalue weighted by Gasteiger charge is 2.18. The smallest absolute Gasteiger partial charge is 0.255 e. The van der Waals surface area contributed by atoms with Crippen LogP contribution in [0, 0.1) is 24.4 Å². The molecule has 3 rings (SSSR count). The van der Waals surface area contributed by atoms with Gasteiger partial charge < -0.3 is 15.7 Å². The van der Waals surface area contributed by atoms with Crippen molar-refractivity contribution in [2.24, 2.45) is 0 Å². The minimum atomic E-state index is -1.70. The van der Waals surface area contributed by atoms with Gasteiger partial charge in [0.25, 0.3) is 11.8 Å². The maximum Gasteiger partial charge on any atom is 0.255 e. The fourth-order valence-electron chi connectivity index (χ4n) is 2.54. The van der Waals surface area contributed by atoms with E-state index in [4.69, 9.17) is 11.6 Å². The van der Waals surface area contributed by atoms with E-state index in [1.54, 1.807) is 24.3 Å². The normalized spacial score (nSPS) is 10.6. The molecule has 0 heterocycles. The number of phenols is 1. The van der Waals surface area contributed by atoms with Crippen LogP contribution in [-0.4, -0.2) is 16.9 Å². The molecule has 0 atom stereocenters. The predicted molar refractivity (Wildman–Crippen MR) is 107 cm³/mol. The number of aromatic hydroxyl groups is 1. The van der Waals surface area contributed by atoms with Crippen molar-refractivity contribution in [1.29, 1.82) is 0 Å². The van der Waals surface area contributed by atoms with Gasteiger partial charge in [0.2, 0.25) is 0 Å². The van der Waals surface area contributed by atoms with Gasteiger partial charge >= 0.3 is 0 Å². The monoisotopic (exact) mass is 434 g/mol.